The van der Waals surface area contributed by atoms with E-state index in [4.69, 9.17) is 12.2 Å². The Morgan fingerprint density at radius 2 is 2.04 bits per heavy atom. The van der Waals surface area contributed by atoms with Crippen LogP contribution in [-0.2, 0) is 4.79 Å². The van der Waals surface area contributed by atoms with Crippen molar-refractivity contribution in [2.24, 2.45) is 10.8 Å². The second-order valence-electron chi connectivity index (χ2n) is 7.71. The van der Waals surface area contributed by atoms with Crippen LogP contribution in [0.5, 0.6) is 0 Å². The maximum absolute atomic E-state index is 13.1. The third-order valence-corrected chi connectivity index (χ3v) is 5.64. The molecule has 128 valence electrons. The molecular formula is C21H22N2OS. The fourth-order valence-corrected chi connectivity index (χ4v) is 4.47. The number of Topliss-reactive ketones (excluding diaryl/α,β-unsaturated/α-hetero) is 1. The van der Waals surface area contributed by atoms with Gasteiger partial charge in [0, 0.05) is 23.6 Å². The smallest absolute Gasteiger partial charge is 0.161 e. The van der Waals surface area contributed by atoms with Crippen LogP contribution in [0.3, 0.4) is 0 Å². The highest BCUT2D eigenvalue weighted by Crippen LogP contribution is 2.52. The van der Waals surface area contributed by atoms with Crippen LogP contribution in [-0.4, -0.2) is 10.8 Å². The fraction of sp³-hybridized carbons (Fsp3) is 0.381. The summed E-state index contributed by atoms with van der Waals surface area (Å²) in [6.07, 6.45) is 3.37. The fourth-order valence-electron chi connectivity index (χ4n) is 4.10. The number of hydrogen-bond donors (Lipinski definition) is 1. The summed E-state index contributed by atoms with van der Waals surface area (Å²) in [4.78, 5) is 13.6. The van der Waals surface area contributed by atoms with E-state index in [1.54, 1.807) is 6.08 Å². The molecule has 1 aliphatic carbocycles. The van der Waals surface area contributed by atoms with E-state index in [2.05, 4.69) is 31.8 Å². The van der Waals surface area contributed by atoms with Gasteiger partial charge in [-0.3, -0.25) is 4.79 Å². The number of nitriles is 1. The first-order valence-electron chi connectivity index (χ1n) is 8.49. The molecule has 0 fully saturated rings. The number of nitrogens with one attached hydrogen (secondary N) is 1. The molecule has 0 amide bonds. The summed E-state index contributed by atoms with van der Waals surface area (Å²) < 4.78 is 0. The highest BCUT2D eigenvalue weighted by Gasteiger charge is 2.52. The zero-order valence-corrected chi connectivity index (χ0v) is 15.5. The molecule has 2 atom stereocenters. The molecule has 3 rings (SSSR count). The predicted octanol–water partition coefficient (Wildman–Crippen LogP) is 4.43. The third kappa shape index (κ3) is 2.83. The topological polar surface area (TPSA) is 52.9 Å². The Kier molecular flexibility index (Phi) is 4.38. The molecular weight excluding hydrogens is 328 g/mol. The van der Waals surface area contributed by atoms with Gasteiger partial charge in [0.1, 0.15) is 10.4 Å². The Bertz CT molecular complexity index is 816. The van der Waals surface area contributed by atoms with Gasteiger partial charge in [0.2, 0.25) is 0 Å². The quantitative estimate of drug-likeness (QED) is 0.647. The number of hydrogen-bond acceptors (Lipinski definition) is 3. The molecule has 1 N–H and O–H groups in total. The summed E-state index contributed by atoms with van der Waals surface area (Å²) in [6.45, 7) is 8.00. The van der Waals surface area contributed by atoms with Gasteiger partial charge in [-0.05, 0) is 23.8 Å². The lowest BCUT2D eigenvalue weighted by molar-refractivity contribution is -0.118. The molecule has 0 saturated carbocycles. The predicted molar refractivity (Wildman–Crippen MR) is 103 cm³/mol. The molecule has 25 heavy (non-hydrogen) atoms. The first-order valence-corrected chi connectivity index (χ1v) is 8.90. The number of thiocarbonyl (C=S) groups is 1. The van der Waals surface area contributed by atoms with Crippen LogP contribution in [0.15, 0.2) is 54.3 Å². The van der Waals surface area contributed by atoms with Gasteiger partial charge in [0.25, 0.3) is 0 Å². The molecule has 4 heteroatoms. The van der Waals surface area contributed by atoms with E-state index in [1.807, 2.05) is 30.3 Å². The van der Waals surface area contributed by atoms with Crippen LogP contribution in [0.1, 0.15) is 44.6 Å². The summed E-state index contributed by atoms with van der Waals surface area (Å²) in [7, 11) is 0. The van der Waals surface area contributed by atoms with Crippen molar-refractivity contribution in [2.75, 3.05) is 0 Å². The van der Waals surface area contributed by atoms with Gasteiger partial charge in [-0.25, -0.2) is 0 Å². The number of rotatable bonds is 3. The number of carbonyl (C=O) groups excluding carboxylic acids is 1. The van der Waals surface area contributed by atoms with E-state index in [0.29, 0.717) is 17.8 Å². The molecule has 1 heterocycles. The van der Waals surface area contributed by atoms with Crippen molar-refractivity contribution in [3.05, 3.63) is 59.8 Å². The summed E-state index contributed by atoms with van der Waals surface area (Å²) >= 11 is 5.64. The van der Waals surface area contributed by atoms with Crippen LogP contribution >= 0.6 is 12.2 Å². The highest BCUT2D eigenvalue weighted by molar-refractivity contribution is 7.80. The van der Waals surface area contributed by atoms with E-state index in [1.165, 1.54) is 0 Å². The Balaban J connectivity index is 2.27. The van der Waals surface area contributed by atoms with Gasteiger partial charge in [0.05, 0.1) is 6.07 Å². The second-order valence-corrected chi connectivity index (χ2v) is 8.12. The zero-order valence-electron chi connectivity index (χ0n) is 14.6. The molecule has 3 nitrogen and oxygen atoms in total. The van der Waals surface area contributed by atoms with Gasteiger partial charge in [0.15, 0.2) is 5.78 Å². The first kappa shape index (κ1) is 17.6. The van der Waals surface area contributed by atoms with Gasteiger partial charge < -0.3 is 5.32 Å². The van der Waals surface area contributed by atoms with Gasteiger partial charge in [-0.1, -0.05) is 62.5 Å². The Morgan fingerprint density at radius 1 is 1.36 bits per heavy atom. The standard InChI is InChI=1S/C21H22N2OS/c1-4-10-21(13-22)18(14-8-6-5-7-9-14)17-15(23-19(21)25)11-20(2,3)12-16(17)24/h4-9,18H,1,10-12H2,2-3H3,(H,23,25)/t18-,21+/m1/s1. The van der Waals surface area contributed by atoms with Crippen LogP contribution in [0.4, 0.5) is 0 Å². The number of ketones is 1. The van der Waals surface area contributed by atoms with Gasteiger partial charge in [-0.2, -0.15) is 5.26 Å². The SMILES string of the molecule is C=CC[C@@]1(C#N)C(=S)NC2=C(C(=O)CC(C)(C)C2)[C@H]1c1ccccc1. The lowest BCUT2D eigenvalue weighted by Crippen LogP contribution is -2.51. The third-order valence-electron chi connectivity index (χ3n) is 5.17. The summed E-state index contributed by atoms with van der Waals surface area (Å²) in [5.41, 5.74) is 1.48. The van der Waals surface area contributed by atoms with Crippen LogP contribution in [0.2, 0.25) is 0 Å². The van der Waals surface area contributed by atoms with E-state index in [9.17, 15) is 10.1 Å². The van der Waals surface area contributed by atoms with Crippen molar-refractivity contribution in [3.63, 3.8) is 0 Å². The van der Waals surface area contributed by atoms with E-state index in [0.717, 1.165) is 23.3 Å². The molecule has 0 spiro atoms. The molecule has 1 aromatic carbocycles. The zero-order chi connectivity index (χ0) is 18.2. The van der Waals surface area contributed by atoms with Gasteiger partial charge in [-0.15, -0.1) is 6.58 Å². The van der Waals surface area contributed by atoms with Crippen LogP contribution in [0.25, 0.3) is 0 Å². The monoisotopic (exact) mass is 350 g/mol. The summed E-state index contributed by atoms with van der Waals surface area (Å²) in [5.74, 6) is -0.247. The minimum Gasteiger partial charge on any atom is -0.352 e. The lowest BCUT2D eigenvalue weighted by atomic mass is 9.60. The highest BCUT2D eigenvalue weighted by atomic mass is 32.1. The van der Waals surface area contributed by atoms with Crippen molar-refractivity contribution in [3.8, 4) is 6.07 Å². The van der Waals surface area contributed by atoms with Crippen molar-refractivity contribution in [1.82, 2.24) is 5.32 Å². The lowest BCUT2D eigenvalue weighted by Gasteiger charge is -2.46. The minimum atomic E-state index is -0.978. The number of allylic oxidation sites excluding steroid dienone is 3. The molecule has 1 aromatic rings. The van der Waals surface area contributed by atoms with E-state index in [-0.39, 0.29) is 17.1 Å². The molecule has 0 radical (unpaired) electrons. The largest absolute Gasteiger partial charge is 0.352 e. The minimum absolute atomic E-state index is 0.106. The van der Waals surface area contributed by atoms with Crippen molar-refractivity contribution < 1.29 is 4.79 Å². The summed E-state index contributed by atoms with van der Waals surface area (Å²) in [5, 5.41) is 13.3. The Hall–Kier alpha value is -2.25. The average Bonchev–Trinajstić information content (AvgIpc) is 2.55. The number of benzene rings is 1. The molecule has 1 aliphatic heterocycles. The second kappa shape index (κ2) is 6.24. The van der Waals surface area contributed by atoms with Crippen molar-refractivity contribution in [1.29, 1.82) is 5.26 Å². The Labute approximate surface area is 154 Å². The molecule has 0 saturated heterocycles. The van der Waals surface area contributed by atoms with E-state index < -0.39 is 5.41 Å². The maximum atomic E-state index is 13.1. The first-order chi connectivity index (χ1) is 11.8. The number of nitrogens with zero attached hydrogens (tertiary/aromatic N) is 1. The molecule has 0 aromatic heterocycles. The van der Waals surface area contributed by atoms with Crippen LogP contribution in [0, 0.1) is 22.2 Å². The Morgan fingerprint density at radius 3 is 2.64 bits per heavy atom. The van der Waals surface area contributed by atoms with E-state index >= 15 is 0 Å². The maximum Gasteiger partial charge on any atom is 0.161 e. The van der Waals surface area contributed by atoms with Gasteiger partial charge >= 0.3 is 0 Å². The van der Waals surface area contributed by atoms with Crippen LogP contribution < -0.4 is 5.32 Å². The molecule has 2 aliphatic rings. The average molecular weight is 350 g/mol. The summed E-state index contributed by atoms with van der Waals surface area (Å²) in [6, 6.07) is 12.2. The normalized spacial score (nSPS) is 28.0. The molecule has 0 unspecified atom stereocenters. The molecule has 0 bridgehead atoms. The van der Waals surface area contributed by atoms with Crippen molar-refractivity contribution >= 4 is 23.0 Å². The number of carbonyl (C=O) groups is 1. The van der Waals surface area contributed by atoms with Crippen molar-refractivity contribution in [2.45, 2.75) is 39.0 Å².